The van der Waals surface area contributed by atoms with Gasteiger partial charge in [0, 0.05) is 12.4 Å². The summed E-state index contributed by atoms with van der Waals surface area (Å²) >= 11 is 0. The Bertz CT molecular complexity index is 470. The fourth-order valence-electron chi connectivity index (χ4n) is 1.35. The van der Waals surface area contributed by atoms with Gasteiger partial charge in [-0.25, -0.2) is 4.39 Å². The molecule has 1 atom stereocenters. The summed E-state index contributed by atoms with van der Waals surface area (Å²) < 4.78 is 12.7. The maximum Gasteiger partial charge on any atom is 0.147 e. The lowest BCUT2D eigenvalue weighted by atomic mass is 9.98. The van der Waals surface area contributed by atoms with Crippen LogP contribution in [-0.2, 0) is 5.60 Å². The first-order valence-corrected chi connectivity index (χ1v) is 4.71. The van der Waals surface area contributed by atoms with E-state index in [0.29, 0.717) is 11.4 Å². The summed E-state index contributed by atoms with van der Waals surface area (Å²) in [5.41, 5.74) is -0.675. The third kappa shape index (κ3) is 1.90. The Labute approximate surface area is 91.8 Å². The van der Waals surface area contributed by atoms with Gasteiger partial charge in [0.25, 0.3) is 0 Å². The average Bonchev–Trinajstić information content (AvgIpc) is 2.31. The van der Waals surface area contributed by atoms with Crippen molar-refractivity contribution < 1.29 is 9.50 Å². The monoisotopic (exact) mass is 219 g/mol. The van der Waals surface area contributed by atoms with E-state index in [1.165, 1.54) is 37.6 Å². The average molecular weight is 219 g/mol. The molecule has 2 aromatic rings. The summed E-state index contributed by atoms with van der Waals surface area (Å²) in [6.07, 6.45) is 5.50. The first-order valence-electron chi connectivity index (χ1n) is 4.71. The molecule has 0 spiro atoms. The van der Waals surface area contributed by atoms with Crippen molar-refractivity contribution in [3.63, 3.8) is 0 Å². The van der Waals surface area contributed by atoms with Crippen LogP contribution in [0, 0.1) is 5.82 Å². The summed E-state index contributed by atoms with van der Waals surface area (Å²) in [5, 5.41) is 10.3. The van der Waals surface area contributed by atoms with Crippen LogP contribution in [0.5, 0.6) is 0 Å². The van der Waals surface area contributed by atoms with Crippen LogP contribution in [0.15, 0.2) is 36.9 Å². The Kier molecular flexibility index (Phi) is 2.62. The smallest absolute Gasteiger partial charge is 0.147 e. The van der Waals surface area contributed by atoms with Crippen LogP contribution in [0.4, 0.5) is 4.39 Å². The Morgan fingerprint density at radius 1 is 1.12 bits per heavy atom. The minimum Gasteiger partial charge on any atom is -0.377 e. The molecule has 4 nitrogen and oxygen atoms in total. The number of nitrogens with zero attached hydrogens (tertiary/aromatic N) is 3. The van der Waals surface area contributed by atoms with Crippen LogP contribution < -0.4 is 0 Å². The van der Waals surface area contributed by atoms with Gasteiger partial charge in [0.2, 0.25) is 0 Å². The number of aliphatic hydroxyl groups is 1. The summed E-state index contributed by atoms with van der Waals surface area (Å²) in [6.45, 7) is 1.54. The SMILES string of the molecule is CC(O)(c1ccc(F)cn1)c1cnccn1. The zero-order valence-corrected chi connectivity index (χ0v) is 8.63. The molecular formula is C11H10FN3O. The van der Waals surface area contributed by atoms with Crippen molar-refractivity contribution in [2.45, 2.75) is 12.5 Å². The summed E-state index contributed by atoms with van der Waals surface area (Å²) in [5.74, 6) is -0.446. The Morgan fingerprint density at radius 2 is 1.94 bits per heavy atom. The lowest BCUT2D eigenvalue weighted by molar-refractivity contribution is 0.0920. The number of rotatable bonds is 2. The van der Waals surface area contributed by atoms with Crippen molar-refractivity contribution in [2.75, 3.05) is 0 Å². The van der Waals surface area contributed by atoms with E-state index in [4.69, 9.17) is 0 Å². The molecule has 2 heterocycles. The maximum absolute atomic E-state index is 12.7. The highest BCUT2D eigenvalue weighted by atomic mass is 19.1. The quantitative estimate of drug-likeness (QED) is 0.826. The topological polar surface area (TPSA) is 58.9 Å². The molecule has 5 heteroatoms. The first-order chi connectivity index (χ1) is 7.60. The molecule has 0 aliphatic carbocycles. The van der Waals surface area contributed by atoms with Crippen molar-refractivity contribution in [1.29, 1.82) is 0 Å². The highest BCUT2D eigenvalue weighted by Crippen LogP contribution is 2.24. The first kappa shape index (κ1) is 10.6. The van der Waals surface area contributed by atoms with Crippen LogP contribution in [0.1, 0.15) is 18.3 Å². The lowest BCUT2D eigenvalue weighted by Gasteiger charge is -2.21. The summed E-state index contributed by atoms with van der Waals surface area (Å²) in [4.78, 5) is 11.7. The van der Waals surface area contributed by atoms with E-state index in [1.807, 2.05) is 0 Å². The molecule has 2 aromatic heterocycles. The molecule has 0 aliphatic heterocycles. The van der Waals surface area contributed by atoms with Gasteiger partial charge in [-0.1, -0.05) is 0 Å². The second-order valence-electron chi connectivity index (χ2n) is 3.52. The third-order valence-electron chi connectivity index (χ3n) is 2.29. The standard InChI is InChI=1S/C11H10FN3O/c1-11(16,10-7-13-4-5-14-10)9-3-2-8(12)6-15-9/h2-7,16H,1H3. The fourth-order valence-corrected chi connectivity index (χ4v) is 1.35. The summed E-state index contributed by atoms with van der Waals surface area (Å²) in [7, 11) is 0. The lowest BCUT2D eigenvalue weighted by Crippen LogP contribution is -2.25. The molecule has 1 N–H and O–H groups in total. The van der Waals surface area contributed by atoms with Gasteiger partial charge in [0.1, 0.15) is 11.4 Å². The number of hydrogen-bond donors (Lipinski definition) is 1. The number of aromatic nitrogens is 3. The van der Waals surface area contributed by atoms with Crippen LogP contribution in [0.2, 0.25) is 0 Å². The Balaban J connectivity index is 2.43. The molecular weight excluding hydrogens is 209 g/mol. The van der Waals surface area contributed by atoms with E-state index < -0.39 is 11.4 Å². The maximum atomic E-state index is 12.7. The highest BCUT2D eigenvalue weighted by Gasteiger charge is 2.28. The molecule has 1 unspecified atom stereocenters. The molecule has 0 saturated heterocycles. The fraction of sp³-hybridized carbons (Fsp3) is 0.182. The molecule has 0 bridgehead atoms. The van der Waals surface area contributed by atoms with Gasteiger partial charge in [-0.3, -0.25) is 15.0 Å². The van der Waals surface area contributed by atoms with Crippen molar-refractivity contribution in [1.82, 2.24) is 15.0 Å². The van der Waals surface area contributed by atoms with Gasteiger partial charge in [-0.2, -0.15) is 0 Å². The van der Waals surface area contributed by atoms with E-state index >= 15 is 0 Å². The van der Waals surface area contributed by atoms with E-state index in [1.54, 1.807) is 0 Å². The molecule has 0 radical (unpaired) electrons. The molecule has 0 saturated carbocycles. The second kappa shape index (κ2) is 3.94. The van der Waals surface area contributed by atoms with Gasteiger partial charge in [-0.15, -0.1) is 0 Å². The second-order valence-corrected chi connectivity index (χ2v) is 3.52. The molecule has 0 aliphatic rings. The van der Waals surface area contributed by atoms with Crippen molar-refractivity contribution in [3.8, 4) is 0 Å². The molecule has 82 valence electrons. The summed E-state index contributed by atoms with van der Waals surface area (Å²) in [6, 6.07) is 2.66. The molecule has 0 fully saturated rings. The van der Waals surface area contributed by atoms with E-state index in [-0.39, 0.29) is 0 Å². The predicted octanol–water partition coefficient (Wildman–Crippen LogP) is 1.27. The largest absolute Gasteiger partial charge is 0.377 e. The van der Waals surface area contributed by atoms with Crippen molar-refractivity contribution in [2.24, 2.45) is 0 Å². The Hall–Kier alpha value is -1.88. The zero-order valence-electron chi connectivity index (χ0n) is 8.63. The molecule has 16 heavy (non-hydrogen) atoms. The minimum atomic E-state index is -1.37. The van der Waals surface area contributed by atoms with E-state index in [9.17, 15) is 9.50 Å². The Morgan fingerprint density at radius 3 is 2.50 bits per heavy atom. The molecule has 0 aromatic carbocycles. The van der Waals surface area contributed by atoms with Gasteiger partial charge < -0.3 is 5.11 Å². The van der Waals surface area contributed by atoms with Crippen molar-refractivity contribution >= 4 is 0 Å². The molecule has 0 amide bonds. The van der Waals surface area contributed by atoms with Crippen LogP contribution >= 0.6 is 0 Å². The van der Waals surface area contributed by atoms with Crippen molar-refractivity contribution in [3.05, 3.63) is 54.1 Å². The van der Waals surface area contributed by atoms with Gasteiger partial charge >= 0.3 is 0 Å². The normalized spacial score (nSPS) is 14.4. The number of hydrogen-bond acceptors (Lipinski definition) is 4. The van der Waals surface area contributed by atoms with Crippen LogP contribution in [-0.4, -0.2) is 20.1 Å². The van der Waals surface area contributed by atoms with Crippen LogP contribution in [0.3, 0.4) is 0 Å². The van der Waals surface area contributed by atoms with Gasteiger partial charge in [0.05, 0.1) is 23.8 Å². The van der Waals surface area contributed by atoms with Gasteiger partial charge in [-0.05, 0) is 19.1 Å². The molecule has 2 rings (SSSR count). The van der Waals surface area contributed by atoms with E-state index in [0.717, 1.165) is 6.20 Å². The van der Waals surface area contributed by atoms with E-state index in [2.05, 4.69) is 15.0 Å². The van der Waals surface area contributed by atoms with Gasteiger partial charge in [0.15, 0.2) is 0 Å². The predicted molar refractivity (Wildman–Crippen MR) is 54.9 cm³/mol. The number of pyridine rings is 1. The van der Waals surface area contributed by atoms with Crippen LogP contribution in [0.25, 0.3) is 0 Å². The zero-order chi connectivity index (χ0) is 11.6. The minimum absolute atomic E-state index is 0.328. The number of halogens is 1. The third-order valence-corrected chi connectivity index (χ3v) is 2.29. The highest BCUT2D eigenvalue weighted by molar-refractivity contribution is 5.23.